The second-order valence-corrected chi connectivity index (χ2v) is 9.03. The fourth-order valence-electron chi connectivity index (χ4n) is 5.45. The van der Waals surface area contributed by atoms with Gasteiger partial charge in [0.1, 0.15) is 5.52 Å². The molecule has 1 aliphatic carbocycles. The highest BCUT2D eigenvalue weighted by Gasteiger charge is 2.32. The quantitative estimate of drug-likeness (QED) is 0.778. The summed E-state index contributed by atoms with van der Waals surface area (Å²) in [6.45, 7) is 5.60. The Bertz CT molecular complexity index is 875. The van der Waals surface area contributed by atoms with Crippen molar-refractivity contribution in [2.24, 2.45) is 5.92 Å². The van der Waals surface area contributed by atoms with Gasteiger partial charge in [0.15, 0.2) is 5.65 Å². The van der Waals surface area contributed by atoms with Crippen molar-refractivity contribution in [3.05, 3.63) is 24.7 Å². The molecule has 5 rings (SSSR count). The molecule has 0 N–H and O–H groups in total. The van der Waals surface area contributed by atoms with E-state index in [4.69, 9.17) is 0 Å². The van der Waals surface area contributed by atoms with E-state index in [9.17, 15) is 4.79 Å². The molecule has 1 saturated carbocycles. The average Bonchev–Trinajstić information content (AvgIpc) is 2.84. The molecule has 3 aliphatic rings. The molecule has 3 fully saturated rings. The Morgan fingerprint density at radius 1 is 0.867 bits per heavy atom. The number of amides is 1. The summed E-state index contributed by atoms with van der Waals surface area (Å²) in [6, 6.07) is 2.80. The number of piperazine rings is 1. The van der Waals surface area contributed by atoms with Crippen molar-refractivity contribution >= 4 is 22.8 Å². The van der Waals surface area contributed by atoms with Gasteiger partial charge in [0, 0.05) is 57.7 Å². The zero-order chi connectivity index (χ0) is 20.3. The molecule has 0 bridgehead atoms. The predicted molar refractivity (Wildman–Crippen MR) is 117 cm³/mol. The summed E-state index contributed by atoms with van der Waals surface area (Å²) in [5, 5.41) is 0. The van der Waals surface area contributed by atoms with E-state index in [-0.39, 0.29) is 5.92 Å². The van der Waals surface area contributed by atoms with Crippen LogP contribution in [0, 0.1) is 5.92 Å². The van der Waals surface area contributed by atoms with Crippen molar-refractivity contribution in [2.45, 2.75) is 51.0 Å². The van der Waals surface area contributed by atoms with E-state index in [1.807, 2.05) is 12.3 Å². The molecule has 7 nitrogen and oxygen atoms in total. The summed E-state index contributed by atoms with van der Waals surface area (Å²) in [5.74, 6) is 0.425. The molecule has 2 aromatic heterocycles. The Balaban J connectivity index is 1.20. The first kappa shape index (κ1) is 19.7. The third-order valence-electron chi connectivity index (χ3n) is 7.16. The Kier molecular flexibility index (Phi) is 5.79. The maximum atomic E-state index is 13.3. The SMILES string of the molecule is O=C([C@H]1CCCN(c2cnc3nccnc3c2)C1)N1CCN(C2CCCCC2)CC1. The van der Waals surface area contributed by atoms with Gasteiger partial charge in [-0.15, -0.1) is 0 Å². The third-order valence-corrected chi connectivity index (χ3v) is 7.16. The van der Waals surface area contributed by atoms with E-state index in [2.05, 4.69) is 29.7 Å². The Labute approximate surface area is 178 Å². The van der Waals surface area contributed by atoms with E-state index < -0.39 is 0 Å². The number of hydrogen-bond acceptors (Lipinski definition) is 6. The summed E-state index contributed by atoms with van der Waals surface area (Å²) in [7, 11) is 0. The van der Waals surface area contributed by atoms with Crippen LogP contribution in [0.15, 0.2) is 24.7 Å². The molecular weight excluding hydrogens is 376 g/mol. The molecule has 160 valence electrons. The van der Waals surface area contributed by atoms with Crippen LogP contribution in [-0.2, 0) is 4.79 Å². The molecule has 0 aromatic carbocycles. The van der Waals surface area contributed by atoms with Gasteiger partial charge in [-0.3, -0.25) is 14.7 Å². The van der Waals surface area contributed by atoms with Gasteiger partial charge in [-0.25, -0.2) is 9.97 Å². The Morgan fingerprint density at radius 2 is 1.67 bits per heavy atom. The maximum absolute atomic E-state index is 13.3. The number of carbonyl (C=O) groups excluding carboxylic acids is 1. The summed E-state index contributed by atoms with van der Waals surface area (Å²) < 4.78 is 0. The number of nitrogens with zero attached hydrogens (tertiary/aromatic N) is 6. The predicted octanol–water partition coefficient (Wildman–Crippen LogP) is 2.72. The number of rotatable bonds is 3. The van der Waals surface area contributed by atoms with Crippen LogP contribution in [0.2, 0.25) is 0 Å². The molecule has 0 spiro atoms. The van der Waals surface area contributed by atoms with E-state index in [0.29, 0.717) is 11.6 Å². The lowest BCUT2D eigenvalue weighted by Gasteiger charge is -2.42. The van der Waals surface area contributed by atoms with Crippen LogP contribution in [-0.4, -0.2) is 76.0 Å². The zero-order valence-electron chi connectivity index (χ0n) is 17.7. The van der Waals surface area contributed by atoms with Crippen molar-refractivity contribution in [3.63, 3.8) is 0 Å². The number of piperidine rings is 1. The van der Waals surface area contributed by atoms with Gasteiger partial charge in [-0.1, -0.05) is 19.3 Å². The van der Waals surface area contributed by atoms with Crippen molar-refractivity contribution in [3.8, 4) is 0 Å². The first-order valence-corrected chi connectivity index (χ1v) is 11.6. The summed E-state index contributed by atoms with van der Waals surface area (Å²) in [5.41, 5.74) is 2.52. The standard InChI is InChI=1S/C23H32N6O/c30-23(28-13-11-27(12-14-28)19-6-2-1-3-7-19)18-5-4-10-29(17-18)20-15-21-22(26-16-20)25-9-8-24-21/h8-9,15-16,18-19H,1-7,10-14,17H2/t18-/m0/s1. The second-order valence-electron chi connectivity index (χ2n) is 9.03. The number of pyridine rings is 1. The third kappa shape index (κ3) is 4.13. The van der Waals surface area contributed by atoms with Gasteiger partial charge < -0.3 is 9.80 Å². The summed E-state index contributed by atoms with van der Waals surface area (Å²) >= 11 is 0. The van der Waals surface area contributed by atoms with Crippen LogP contribution in [0.25, 0.3) is 11.2 Å². The lowest BCUT2D eigenvalue weighted by Crippen LogP contribution is -2.54. The van der Waals surface area contributed by atoms with Gasteiger partial charge in [0.05, 0.1) is 17.8 Å². The van der Waals surface area contributed by atoms with E-state index in [1.165, 1.54) is 32.1 Å². The van der Waals surface area contributed by atoms with Gasteiger partial charge >= 0.3 is 0 Å². The largest absolute Gasteiger partial charge is 0.369 e. The van der Waals surface area contributed by atoms with Gasteiger partial charge in [0.25, 0.3) is 0 Å². The number of carbonyl (C=O) groups is 1. The molecule has 7 heteroatoms. The first-order chi connectivity index (χ1) is 14.8. The monoisotopic (exact) mass is 408 g/mol. The van der Waals surface area contributed by atoms with Crippen LogP contribution in [0.1, 0.15) is 44.9 Å². The molecular formula is C23H32N6O. The smallest absolute Gasteiger partial charge is 0.227 e. The highest BCUT2D eigenvalue weighted by Crippen LogP contribution is 2.27. The van der Waals surface area contributed by atoms with E-state index in [1.54, 1.807) is 12.4 Å². The highest BCUT2D eigenvalue weighted by molar-refractivity contribution is 5.80. The lowest BCUT2D eigenvalue weighted by molar-refractivity contribution is -0.138. The van der Waals surface area contributed by atoms with Gasteiger partial charge in [-0.2, -0.15) is 0 Å². The minimum Gasteiger partial charge on any atom is -0.369 e. The molecule has 2 saturated heterocycles. The Hall–Kier alpha value is -2.28. The van der Waals surface area contributed by atoms with Crippen LogP contribution < -0.4 is 4.90 Å². The maximum Gasteiger partial charge on any atom is 0.227 e. The molecule has 2 aromatic rings. The van der Waals surface area contributed by atoms with E-state index >= 15 is 0 Å². The minimum atomic E-state index is 0.0811. The zero-order valence-corrected chi connectivity index (χ0v) is 17.7. The fraction of sp³-hybridized carbons (Fsp3) is 0.652. The average molecular weight is 409 g/mol. The molecule has 30 heavy (non-hydrogen) atoms. The molecule has 1 amide bonds. The molecule has 1 atom stereocenters. The number of aromatic nitrogens is 3. The summed E-state index contributed by atoms with van der Waals surface area (Å²) in [4.78, 5) is 33.4. The van der Waals surface area contributed by atoms with Crippen LogP contribution in [0.4, 0.5) is 5.69 Å². The number of hydrogen-bond donors (Lipinski definition) is 0. The van der Waals surface area contributed by atoms with Crippen LogP contribution in [0.3, 0.4) is 0 Å². The van der Waals surface area contributed by atoms with Crippen LogP contribution in [0.5, 0.6) is 0 Å². The number of fused-ring (bicyclic) bond motifs is 1. The van der Waals surface area contributed by atoms with Crippen LogP contribution >= 0.6 is 0 Å². The molecule has 4 heterocycles. The first-order valence-electron chi connectivity index (χ1n) is 11.6. The lowest BCUT2D eigenvalue weighted by atomic mass is 9.93. The highest BCUT2D eigenvalue weighted by atomic mass is 16.2. The second kappa shape index (κ2) is 8.84. The number of anilines is 1. The van der Waals surface area contributed by atoms with Crippen molar-refractivity contribution < 1.29 is 4.79 Å². The van der Waals surface area contributed by atoms with Gasteiger partial charge in [0.2, 0.25) is 5.91 Å². The Morgan fingerprint density at radius 3 is 2.50 bits per heavy atom. The molecule has 0 unspecified atom stereocenters. The normalized spacial score (nSPS) is 24.3. The van der Waals surface area contributed by atoms with Crippen molar-refractivity contribution in [2.75, 3.05) is 44.2 Å². The summed E-state index contributed by atoms with van der Waals surface area (Å²) in [6.07, 6.45) is 14.1. The minimum absolute atomic E-state index is 0.0811. The molecule has 0 radical (unpaired) electrons. The van der Waals surface area contributed by atoms with E-state index in [0.717, 1.165) is 69.4 Å². The molecule has 2 aliphatic heterocycles. The fourth-order valence-corrected chi connectivity index (χ4v) is 5.45. The van der Waals surface area contributed by atoms with Crippen molar-refractivity contribution in [1.82, 2.24) is 24.8 Å². The van der Waals surface area contributed by atoms with Gasteiger partial charge in [-0.05, 0) is 31.7 Å². The van der Waals surface area contributed by atoms with Crippen molar-refractivity contribution in [1.29, 1.82) is 0 Å². The topological polar surface area (TPSA) is 65.5 Å².